The fraction of sp³-hybridized carbons (Fsp3) is 0.529. The molecule has 1 N–H and O–H groups in total. The lowest BCUT2D eigenvalue weighted by Crippen LogP contribution is -2.23. The van der Waals surface area contributed by atoms with Crippen molar-refractivity contribution in [3.05, 3.63) is 45.5 Å². The van der Waals surface area contributed by atoms with Gasteiger partial charge in [0.25, 0.3) is 0 Å². The third-order valence-corrected chi connectivity index (χ3v) is 5.37. The lowest BCUT2D eigenvalue weighted by molar-refractivity contribution is 0.526. The van der Waals surface area contributed by atoms with E-state index >= 15 is 0 Å². The lowest BCUT2D eigenvalue weighted by Gasteiger charge is -2.16. The highest BCUT2D eigenvalue weighted by Crippen LogP contribution is 2.34. The van der Waals surface area contributed by atoms with Gasteiger partial charge >= 0.3 is 0 Å². The molecule has 0 spiro atoms. The number of fused-ring (bicyclic) bond motifs is 1. The first-order valence-corrected chi connectivity index (χ1v) is 8.54. The summed E-state index contributed by atoms with van der Waals surface area (Å²) in [6, 6.07) is 4.96. The van der Waals surface area contributed by atoms with E-state index in [0.29, 0.717) is 6.04 Å². The summed E-state index contributed by atoms with van der Waals surface area (Å²) in [6.45, 7) is 3.30. The minimum atomic E-state index is 0.433. The molecule has 1 atom stereocenters. The van der Waals surface area contributed by atoms with Crippen LogP contribution in [0.25, 0.3) is 0 Å². The molecule has 0 fully saturated rings. The van der Waals surface area contributed by atoms with Gasteiger partial charge in [-0.2, -0.15) is 0 Å². The maximum Gasteiger partial charge on any atom is 0.0935 e. The van der Waals surface area contributed by atoms with E-state index in [2.05, 4.69) is 24.4 Å². The van der Waals surface area contributed by atoms with Gasteiger partial charge in [0.1, 0.15) is 0 Å². The van der Waals surface area contributed by atoms with Crippen molar-refractivity contribution in [3.8, 4) is 0 Å². The Bertz CT molecular complexity index is 506. The van der Waals surface area contributed by atoms with Gasteiger partial charge in [-0.1, -0.05) is 6.92 Å². The van der Waals surface area contributed by atoms with Gasteiger partial charge in [0.2, 0.25) is 0 Å². The van der Waals surface area contributed by atoms with Crippen LogP contribution in [0.5, 0.6) is 0 Å². The zero-order valence-corrected chi connectivity index (χ0v) is 13.0. The Hall–Kier alpha value is -1.06. The molecule has 108 valence electrons. The molecule has 0 bridgehead atoms. The molecule has 0 radical (unpaired) electrons. The first-order valence-electron chi connectivity index (χ1n) is 7.72. The maximum atomic E-state index is 5.21. The molecule has 2 aromatic rings. The molecule has 1 unspecified atom stereocenters. The van der Waals surface area contributed by atoms with Gasteiger partial charge in [-0.3, -0.25) is 0 Å². The highest BCUT2D eigenvalue weighted by atomic mass is 32.1. The molecular weight excluding hydrogens is 266 g/mol. The minimum absolute atomic E-state index is 0.433. The van der Waals surface area contributed by atoms with Crippen LogP contribution in [0.3, 0.4) is 0 Å². The van der Waals surface area contributed by atoms with Gasteiger partial charge in [0.05, 0.1) is 12.5 Å². The molecule has 1 aliphatic rings. The minimum Gasteiger partial charge on any atom is -0.472 e. The number of furan rings is 1. The molecule has 0 aromatic carbocycles. The molecule has 2 aromatic heterocycles. The largest absolute Gasteiger partial charge is 0.472 e. The van der Waals surface area contributed by atoms with Crippen molar-refractivity contribution in [1.29, 1.82) is 0 Å². The summed E-state index contributed by atoms with van der Waals surface area (Å²) < 4.78 is 5.21. The Labute approximate surface area is 125 Å². The van der Waals surface area contributed by atoms with Crippen LogP contribution in [-0.4, -0.2) is 6.54 Å². The smallest absolute Gasteiger partial charge is 0.0935 e. The zero-order chi connectivity index (χ0) is 13.8. The van der Waals surface area contributed by atoms with Gasteiger partial charge in [-0.05, 0) is 68.3 Å². The second kappa shape index (κ2) is 6.59. The van der Waals surface area contributed by atoms with E-state index in [9.17, 15) is 0 Å². The van der Waals surface area contributed by atoms with Crippen LogP contribution >= 0.6 is 11.3 Å². The van der Waals surface area contributed by atoms with E-state index in [1.165, 1.54) is 42.5 Å². The molecule has 1 aliphatic carbocycles. The summed E-state index contributed by atoms with van der Waals surface area (Å²) in [5.41, 5.74) is 2.89. The predicted molar refractivity (Wildman–Crippen MR) is 84.4 cm³/mol. The summed E-state index contributed by atoms with van der Waals surface area (Å²) in [5, 5.41) is 3.70. The normalized spacial score (nSPS) is 16.1. The quantitative estimate of drug-likeness (QED) is 0.847. The fourth-order valence-electron chi connectivity index (χ4n) is 2.92. The van der Waals surface area contributed by atoms with Crippen molar-refractivity contribution in [2.75, 3.05) is 6.54 Å². The second-order valence-electron chi connectivity index (χ2n) is 5.65. The van der Waals surface area contributed by atoms with E-state index < -0.39 is 0 Å². The number of hydrogen-bond donors (Lipinski definition) is 1. The van der Waals surface area contributed by atoms with Crippen LogP contribution in [0.15, 0.2) is 29.1 Å². The van der Waals surface area contributed by atoms with E-state index in [0.717, 1.165) is 13.0 Å². The monoisotopic (exact) mass is 289 g/mol. The van der Waals surface area contributed by atoms with Crippen molar-refractivity contribution < 1.29 is 4.42 Å². The van der Waals surface area contributed by atoms with Gasteiger partial charge in [-0.15, -0.1) is 11.3 Å². The third kappa shape index (κ3) is 3.15. The third-order valence-electron chi connectivity index (χ3n) is 4.02. The van der Waals surface area contributed by atoms with Crippen molar-refractivity contribution in [1.82, 2.24) is 5.32 Å². The Morgan fingerprint density at radius 2 is 2.25 bits per heavy atom. The van der Waals surface area contributed by atoms with E-state index in [4.69, 9.17) is 4.42 Å². The van der Waals surface area contributed by atoms with Crippen LogP contribution in [0.2, 0.25) is 0 Å². The van der Waals surface area contributed by atoms with Crippen LogP contribution < -0.4 is 5.32 Å². The van der Waals surface area contributed by atoms with Gasteiger partial charge in [-0.25, -0.2) is 0 Å². The van der Waals surface area contributed by atoms with Crippen molar-refractivity contribution in [2.24, 2.45) is 0 Å². The molecular formula is C17H23NOS. The zero-order valence-electron chi connectivity index (χ0n) is 12.2. The fourth-order valence-corrected chi connectivity index (χ4v) is 4.25. The van der Waals surface area contributed by atoms with Crippen molar-refractivity contribution in [3.63, 3.8) is 0 Å². The van der Waals surface area contributed by atoms with Gasteiger partial charge in [0.15, 0.2) is 0 Å². The van der Waals surface area contributed by atoms with Crippen LogP contribution in [0.1, 0.15) is 53.1 Å². The SMILES string of the molecule is CCCNC(Cc1ccoc1)c1cc2c(s1)CCCC2. The molecule has 0 saturated carbocycles. The summed E-state index contributed by atoms with van der Waals surface area (Å²) in [4.78, 5) is 3.13. The first-order chi connectivity index (χ1) is 9.86. The molecule has 0 aliphatic heterocycles. The lowest BCUT2D eigenvalue weighted by atomic mass is 9.98. The summed E-state index contributed by atoms with van der Waals surface area (Å²) in [7, 11) is 0. The maximum absolute atomic E-state index is 5.21. The molecule has 0 amide bonds. The van der Waals surface area contributed by atoms with E-state index in [1.54, 1.807) is 16.7 Å². The van der Waals surface area contributed by atoms with Crippen LogP contribution in [0.4, 0.5) is 0 Å². The average Bonchev–Trinajstić information content (AvgIpc) is 3.12. The topological polar surface area (TPSA) is 25.2 Å². The summed E-state index contributed by atoms with van der Waals surface area (Å²) >= 11 is 2.02. The van der Waals surface area contributed by atoms with Gasteiger partial charge < -0.3 is 9.73 Å². The van der Waals surface area contributed by atoms with E-state index in [1.807, 2.05) is 17.6 Å². The summed E-state index contributed by atoms with van der Waals surface area (Å²) in [5.74, 6) is 0. The highest BCUT2D eigenvalue weighted by molar-refractivity contribution is 7.12. The van der Waals surface area contributed by atoms with Crippen molar-refractivity contribution >= 4 is 11.3 Å². The highest BCUT2D eigenvalue weighted by Gasteiger charge is 2.19. The molecule has 3 rings (SSSR count). The molecule has 0 saturated heterocycles. The molecule has 2 nitrogen and oxygen atoms in total. The number of thiophene rings is 1. The number of rotatable bonds is 6. The van der Waals surface area contributed by atoms with Crippen molar-refractivity contribution in [2.45, 2.75) is 51.5 Å². The van der Waals surface area contributed by atoms with E-state index in [-0.39, 0.29) is 0 Å². The molecule has 3 heteroatoms. The number of nitrogens with one attached hydrogen (secondary N) is 1. The van der Waals surface area contributed by atoms with Crippen LogP contribution in [0, 0.1) is 0 Å². The van der Waals surface area contributed by atoms with Crippen LogP contribution in [-0.2, 0) is 19.3 Å². The summed E-state index contributed by atoms with van der Waals surface area (Å²) in [6.07, 6.45) is 11.1. The Kier molecular flexibility index (Phi) is 4.58. The standard InChI is InChI=1S/C17H23NOS/c1-2-8-18-15(10-13-7-9-19-12-13)17-11-14-5-3-4-6-16(14)20-17/h7,9,11-12,15,18H,2-6,8,10H2,1H3. The van der Waals surface area contributed by atoms with Gasteiger partial charge in [0, 0.05) is 15.8 Å². The Morgan fingerprint density at radius 3 is 3.00 bits per heavy atom. The predicted octanol–water partition coefficient (Wildman–Crippen LogP) is 4.50. The molecule has 20 heavy (non-hydrogen) atoms. The second-order valence-corrected chi connectivity index (χ2v) is 6.82. The Balaban J connectivity index is 1.78. The number of aryl methyl sites for hydroxylation is 2. The molecule has 2 heterocycles. The number of hydrogen-bond acceptors (Lipinski definition) is 3. The first kappa shape index (κ1) is 13.9. The Morgan fingerprint density at radius 1 is 1.35 bits per heavy atom. The average molecular weight is 289 g/mol.